The van der Waals surface area contributed by atoms with Crippen LogP contribution in [-0.4, -0.2) is 42.0 Å². The summed E-state index contributed by atoms with van der Waals surface area (Å²) in [7, 11) is -3.54. The number of rotatable bonds is 3. The molecule has 1 N–H and O–H groups in total. The Hall–Kier alpha value is -0.500. The highest BCUT2D eigenvalue weighted by Gasteiger charge is 2.34. The molecule has 1 aromatic rings. The number of hydrogen-bond acceptors (Lipinski definition) is 4. The Morgan fingerprint density at radius 2 is 2.29 bits per heavy atom. The molecule has 0 amide bonds. The molecule has 0 aromatic carbocycles. The molecule has 0 aliphatic carbocycles. The van der Waals surface area contributed by atoms with Crippen molar-refractivity contribution in [3.63, 3.8) is 0 Å². The molecule has 1 aliphatic heterocycles. The van der Waals surface area contributed by atoms with Gasteiger partial charge in [-0.05, 0) is 34.8 Å². The number of sulfonamides is 1. The zero-order valence-corrected chi connectivity index (χ0v) is 11.5. The molecule has 2 heterocycles. The lowest BCUT2D eigenvalue weighted by Crippen LogP contribution is -2.37. The third-order valence-corrected chi connectivity index (χ3v) is 5.17. The lowest BCUT2D eigenvalue weighted by molar-refractivity contribution is 0.213. The van der Waals surface area contributed by atoms with E-state index < -0.39 is 10.0 Å². The van der Waals surface area contributed by atoms with Crippen molar-refractivity contribution in [3.05, 3.63) is 22.9 Å². The van der Waals surface area contributed by atoms with Gasteiger partial charge in [0, 0.05) is 29.5 Å². The summed E-state index contributed by atoms with van der Waals surface area (Å²) in [5.41, 5.74) is 0. The zero-order valence-electron chi connectivity index (χ0n) is 9.08. The van der Waals surface area contributed by atoms with E-state index in [-0.39, 0.29) is 17.5 Å². The van der Waals surface area contributed by atoms with E-state index in [1.807, 2.05) is 0 Å². The number of halogens is 1. The molecular formula is C10H13BrN2O3S. The summed E-state index contributed by atoms with van der Waals surface area (Å²) in [6.07, 6.45) is 4.35. The fourth-order valence-electron chi connectivity index (χ4n) is 1.98. The maximum absolute atomic E-state index is 12.3. The highest BCUT2D eigenvalue weighted by Crippen LogP contribution is 2.26. The number of hydrogen-bond donors (Lipinski definition) is 1. The van der Waals surface area contributed by atoms with Crippen molar-refractivity contribution in [2.75, 3.05) is 13.2 Å². The molecule has 5 nitrogen and oxygen atoms in total. The number of aromatic nitrogens is 1. The van der Waals surface area contributed by atoms with Crippen LogP contribution in [0.3, 0.4) is 0 Å². The van der Waals surface area contributed by atoms with E-state index in [0.717, 1.165) is 6.42 Å². The third-order valence-electron chi connectivity index (χ3n) is 2.82. The fraction of sp³-hybridized carbons (Fsp3) is 0.500. The lowest BCUT2D eigenvalue weighted by atomic mass is 10.2. The van der Waals surface area contributed by atoms with E-state index in [1.165, 1.54) is 22.8 Å². The first kappa shape index (κ1) is 12.9. The molecule has 1 aliphatic rings. The maximum atomic E-state index is 12.3. The van der Waals surface area contributed by atoms with Gasteiger partial charge in [0.1, 0.15) is 4.90 Å². The zero-order chi connectivity index (χ0) is 12.5. The first-order valence-electron chi connectivity index (χ1n) is 5.29. The Morgan fingerprint density at radius 3 is 2.94 bits per heavy atom. The second kappa shape index (κ2) is 5.01. The molecule has 94 valence electrons. The van der Waals surface area contributed by atoms with Crippen molar-refractivity contribution < 1.29 is 13.5 Å². The van der Waals surface area contributed by atoms with Crippen molar-refractivity contribution in [1.82, 2.24) is 9.29 Å². The third kappa shape index (κ3) is 2.52. The van der Waals surface area contributed by atoms with Crippen LogP contribution in [0, 0.1) is 0 Å². The van der Waals surface area contributed by atoms with Crippen LogP contribution in [0.4, 0.5) is 0 Å². The molecule has 1 unspecified atom stereocenters. The van der Waals surface area contributed by atoms with E-state index in [9.17, 15) is 13.5 Å². The summed E-state index contributed by atoms with van der Waals surface area (Å²) in [6.45, 7) is 0.320. The van der Waals surface area contributed by atoms with E-state index in [2.05, 4.69) is 20.9 Å². The van der Waals surface area contributed by atoms with Crippen LogP contribution in [0.2, 0.25) is 0 Å². The molecule has 0 radical (unpaired) electrons. The summed E-state index contributed by atoms with van der Waals surface area (Å²) in [6, 6.07) is 1.22. The lowest BCUT2D eigenvalue weighted by Gasteiger charge is -2.22. The van der Waals surface area contributed by atoms with Crippen LogP contribution >= 0.6 is 15.9 Å². The van der Waals surface area contributed by atoms with Gasteiger partial charge in [0.25, 0.3) is 0 Å². The van der Waals surface area contributed by atoms with Gasteiger partial charge in [-0.1, -0.05) is 0 Å². The second-order valence-corrected chi connectivity index (χ2v) is 6.74. The predicted molar refractivity (Wildman–Crippen MR) is 65.9 cm³/mol. The fourth-order valence-corrected chi connectivity index (χ4v) is 4.17. The van der Waals surface area contributed by atoms with Crippen molar-refractivity contribution in [1.29, 1.82) is 0 Å². The van der Waals surface area contributed by atoms with Gasteiger partial charge in [-0.2, -0.15) is 4.31 Å². The Morgan fingerprint density at radius 1 is 1.53 bits per heavy atom. The molecule has 1 fully saturated rings. The minimum Gasteiger partial charge on any atom is -0.395 e. The van der Waals surface area contributed by atoms with Crippen LogP contribution < -0.4 is 0 Å². The van der Waals surface area contributed by atoms with Crippen molar-refractivity contribution in [2.45, 2.75) is 23.8 Å². The van der Waals surface area contributed by atoms with Gasteiger partial charge in [0.2, 0.25) is 10.0 Å². The van der Waals surface area contributed by atoms with E-state index in [0.29, 0.717) is 17.4 Å². The highest BCUT2D eigenvalue weighted by atomic mass is 79.9. The van der Waals surface area contributed by atoms with Gasteiger partial charge in [0.05, 0.1) is 6.61 Å². The molecule has 0 bridgehead atoms. The highest BCUT2D eigenvalue weighted by molar-refractivity contribution is 9.10. The van der Waals surface area contributed by atoms with E-state index in [4.69, 9.17) is 0 Å². The monoisotopic (exact) mass is 320 g/mol. The number of pyridine rings is 1. The van der Waals surface area contributed by atoms with Gasteiger partial charge < -0.3 is 5.11 Å². The van der Waals surface area contributed by atoms with E-state index in [1.54, 1.807) is 0 Å². The van der Waals surface area contributed by atoms with Gasteiger partial charge >= 0.3 is 0 Å². The van der Waals surface area contributed by atoms with Crippen LogP contribution in [0.15, 0.2) is 27.8 Å². The van der Waals surface area contributed by atoms with Gasteiger partial charge in [-0.3, -0.25) is 4.98 Å². The van der Waals surface area contributed by atoms with Crippen LogP contribution in [0.25, 0.3) is 0 Å². The van der Waals surface area contributed by atoms with Crippen molar-refractivity contribution >= 4 is 26.0 Å². The summed E-state index contributed by atoms with van der Waals surface area (Å²) in [5.74, 6) is 0. The normalized spacial score (nSPS) is 21.9. The molecule has 0 spiro atoms. The molecule has 2 rings (SSSR count). The quantitative estimate of drug-likeness (QED) is 0.901. The summed E-state index contributed by atoms with van der Waals surface area (Å²) < 4.78 is 26.6. The van der Waals surface area contributed by atoms with Crippen LogP contribution in [-0.2, 0) is 10.0 Å². The van der Waals surface area contributed by atoms with E-state index >= 15 is 0 Å². The first-order chi connectivity index (χ1) is 8.05. The smallest absolute Gasteiger partial charge is 0.244 e. The average Bonchev–Trinajstić information content (AvgIpc) is 2.77. The second-order valence-electron chi connectivity index (χ2n) is 3.93. The van der Waals surface area contributed by atoms with Gasteiger partial charge in [-0.25, -0.2) is 8.42 Å². The SMILES string of the molecule is O=S(=O)(c1cncc(Br)c1)N1CCCC1CO. The number of aliphatic hydroxyl groups excluding tert-OH is 1. The topological polar surface area (TPSA) is 70.5 Å². The largest absolute Gasteiger partial charge is 0.395 e. The molecule has 0 saturated carbocycles. The predicted octanol–water partition coefficient (Wildman–Crippen LogP) is 0.990. The van der Waals surface area contributed by atoms with Crippen molar-refractivity contribution in [2.24, 2.45) is 0 Å². The summed E-state index contributed by atoms with van der Waals surface area (Å²) >= 11 is 3.20. The van der Waals surface area contributed by atoms with Crippen molar-refractivity contribution in [3.8, 4) is 0 Å². The number of aliphatic hydroxyl groups is 1. The number of nitrogens with zero attached hydrogens (tertiary/aromatic N) is 2. The Labute approximate surface area is 109 Å². The summed E-state index contributed by atoms with van der Waals surface area (Å²) in [4.78, 5) is 4.02. The molecule has 7 heteroatoms. The minimum absolute atomic E-state index is 0.138. The Bertz CT molecular complexity index is 506. The Balaban J connectivity index is 2.36. The molecule has 17 heavy (non-hydrogen) atoms. The maximum Gasteiger partial charge on any atom is 0.244 e. The average molecular weight is 321 g/mol. The first-order valence-corrected chi connectivity index (χ1v) is 7.52. The van der Waals surface area contributed by atoms with Crippen LogP contribution in [0.1, 0.15) is 12.8 Å². The van der Waals surface area contributed by atoms with Crippen LogP contribution in [0.5, 0.6) is 0 Å². The molecule has 1 aromatic heterocycles. The molecule has 1 atom stereocenters. The van der Waals surface area contributed by atoms with Gasteiger partial charge in [0.15, 0.2) is 0 Å². The standard InChI is InChI=1S/C10H13BrN2O3S/c11-8-4-10(6-12-5-8)17(15,16)13-3-1-2-9(13)7-14/h4-6,9,14H,1-3,7H2. The van der Waals surface area contributed by atoms with Gasteiger partial charge in [-0.15, -0.1) is 0 Å². The minimum atomic E-state index is -3.54. The summed E-state index contributed by atoms with van der Waals surface area (Å²) in [5, 5.41) is 9.17. The molecular weight excluding hydrogens is 308 g/mol. The molecule has 1 saturated heterocycles. The Kier molecular flexibility index (Phi) is 3.82.